The molecule has 3 amide bonds. The van der Waals surface area contributed by atoms with Crippen molar-refractivity contribution in [3.8, 4) is 5.75 Å². The number of nitrogens with zero attached hydrogens (tertiary/aromatic N) is 1. The van der Waals surface area contributed by atoms with Gasteiger partial charge in [-0.3, -0.25) is 19.3 Å². The minimum absolute atomic E-state index is 0.0272. The molecule has 11 heteroatoms. The lowest BCUT2D eigenvalue weighted by molar-refractivity contribution is -0.145. The molecule has 0 aliphatic carbocycles. The summed E-state index contributed by atoms with van der Waals surface area (Å²) in [4.78, 5) is 52.1. The van der Waals surface area contributed by atoms with Crippen LogP contribution in [0.5, 0.6) is 5.75 Å². The SMILES string of the molecule is CC[C@H](C)[C@@H](CN(CC(=O)N[C@@H](CCSC)C(=O)OC)Cc1cccc2c1OCC2)NC(=O)[C@@H]1CCC(=O)N1. The lowest BCUT2D eigenvalue weighted by atomic mass is 9.97. The van der Waals surface area contributed by atoms with Crippen LogP contribution < -0.4 is 20.7 Å². The smallest absolute Gasteiger partial charge is 0.328 e. The summed E-state index contributed by atoms with van der Waals surface area (Å²) < 4.78 is 10.8. The van der Waals surface area contributed by atoms with Crippen LogP contribution in [0.25, 0.3) is 0 Å². The number of nitrogens with one attached hydrogen (secondary N) is 3. The lowest BCUT2D eigenvalue weighted by Crippen LogP contribution is -2.53. The molecule has 0 spiro atoms. The van der Waals surface area contributed by atoms with E-state index in [0.29, 0.717) is 44.7 Å². The minimum Gasteiger partial charge on any atom is -0.493 e. The molecule has 2 aliphatic rings. The predicted octanol–water partition coefficient (Wildman–Crippen LogP) is 1.64. The van der Waals surface area contributed by atoms with Crippen molar-refractivity contribution < 1.29 is 28.7 Å². The molecule has 0 unspecified atom stereocenters. The standard InChI is InChI=1S/C28H42N4O6S/c1-5-18(2)23(31-27(35)21-9-10-24(33)29-21)16-32(15-20-8-6-7-19-11-13-38-26(19)20)17-25(34)30-22(12-14-39-4)28(36)37-3/h6-8,18,21-23H,5,9-17H2,1-4H3,(H,29,33)(H,30,34)(H,31,35)/t18-,21-,22-,23+/m0/s1. The van der Waals surface area contributed by atoms with Gasteiger partial charge < -0.3 is 25.4 Å². The average Bonchev–Trinajstić information content (AvgIpc) is 3.59. The molecule has 1 fully saturated rings. The number of esters is 1. The molecule has 4 atom stereocenters. The van der Waals surface area contributed by atoms with Crippen molar-refractivity contribution in [2.45, 2.75) is 70.6 Å². The number of fused-ring (bicyclic) bond motifs is 1. The predicted molar refractivity (Wildman–Crippen MR) is 150 cm³/mol. The Morgan fingerprint density at radius 1 is 1.26 bits per heavy atom. The number of rotatable bonds is 15. The highest BCUT2D eigenvalue weighted by Gasteiger charge is 2.31. The fourth-order valence-electron chi connectivity index (χ4n) is 4.93. The molecule has 0 bridgehead atoms. The van der Waals surface area contributed by atoms with Gasteiger partial charge in [0, 0.05) is 37.5 Å². The van der Waals surface area contributed by atoms with E-state index in [1.807, 2.05) is 29.4 Å². The summed E-state index contributed by atoms with van der Waals surface area (Å²) in [6.45, 7) is 5.62. The highest BCUT2D eigenvalue weighted by molar-refractivity contribution is 7.98. The van der Waals surface area contributed by atoms with Crippen LogP contribution in [-0.2, 0) is 36.9 Å². The molecule has 39 heavy (non-hydrogen) atoms. The molecule has 2 heterocycles. The largest absolute Gasteiger partial charge is 0.493 e. The molecule has 3 N–H and O–H groups in total. The number of hydrogen-bond acceptors (Lipinski definition) is 8. The first-order valence-corrected chi connectivity index (χ1v) is 15.1. The Hall–Kier alpha value is -2.79. The van der Waals surface area contributed by atoms with E-state index in [1.165, 1.54) is 7.11 Å². The zero-order valence-electron chi connectivity index (χ0n) is 23.4. The van der Waals surface area contributed by atoms with E-state index in [9.17, 15) is 19.2 Å². The van der Waals surface area contributed by atoms with Crippen molar-refractivity contribution in [2.24, 2.45) is 5.92 Å². The second kappa shape index (κ2) is 15.1. The Balaban J connectivity index is 1.79. The van der Waals surface area contributed by atoms with Crippen molar-refractivity contribution >= 4 is 35.5 Å². The molecule has 1 saturated heterocycles. The number of amides is 3. The summed E-state index contributed by atoms with van der Waals surface area (Å²) in [5.74, 6) is 0.595. The molecule has 2 aliphatic heterocycles. The monoisotopic (exact) mass is 562 g/mol. The van der Waals surface area contributed by atoms with E-state index >= 15 is 0 Å². The first kappa shape index (κ1) is 30.7. The zero-order valence-corrected chi connectivity index (χ0v) is 24.2. The van der Waals surface area contributed by atoms with Crippen LogP contribution in [0, 0.1) is 5.92 Å². The fraction of sp³-hybridized carbons (Fsp3) is 0.643. The highest BCUT2D eigenvalue weighted by atomic mass is 32.2. The topological polar surface area (TPSA) is 126 Å². The second-order valence-electron chi connectivity index (χ2n) is 10.3. The van der Waals surface area contributed by atoms with Crippen molar-refractivity contribution in [2.75, 3.05) is 38.8 Å². The number of carbonyl (C=O) groups is 4. The Kier molecular flexibility index (Phi) is 11.9. The molecular formula is C28H42N4O6S. The maximum Gasteiger partial charge on any atom is 0.328 e. The number of methoxy groups -OCH3 is 1. The number of hydrogen-bond donors (Lipinski definition) is 3. The molecule has 10 nitrogen and oxygen atoms in total. The summed E-state index contributed by atoms with van der Waals surface area (Å²) in [6.07, 6.45) is 4.90. The summed E-state index contributed by atoms with van der Waals surface area (Å²) >= 11 is 1.59. The molecule has 3 rings (SSSR count). The second-order valence-corrected chi connectivity index (χ2v) is 11.2. The fourth-order valence-corrected chi connectivity index (χ4v) is 5.40. The number of carbonyl (C=O) groups excluding carboxylic acids is 4. The van der Waals surface area contributed by atoms with Crippen LogP contribution in [-0.4, -0.2) is 85.5 Å². The number of ether oxygens (including phenoxy) is 2. The Morgan fingerprint density at radius 2 is 2.05 bits per heavy atom. The van der Waals surface area contributed by atoms with Crippen molar-refractivity contribution in [3.63, 3.8) is 0 Å². The third kappa shape index (κ3) is 8.86. The third-order valence-electron chi connectivity index (χ3n) is 7.41. The molecule has 0 radical (unpaired) electrons. The Bertz CT molecular complexity index is 1020. The molecular weight excluding hydrogens is 520 g/mol. The van der Waals surface area contributed by atoms with E-state index in [2.05, 4.69) is 29.8 Å². The van der Waals surface area contributed by atoms with E-state index in [0.717, 1.165) is 29.7 Å². The van der Waals surface area contributed by atoms with Crippen molar-refractivity contribution in [1.29, 1.82) is 0 Å². The quantitative estimate of drug-likeness (QED) is 0.276. The van der Waals surface area contributed by atoms with Gasteiger partial charge in [0.05, 0.1) is 20.3 Å². The average molecular weight is 563 g/mol. The molecule has 1 aromatic carbocycles. The van der Waals surface area contributed by atoms with Gasteiger partial charge in [-0.1, -0.05) is 38.5 Å². The van der Waals surface area contributed by atoms with Gasteiger partial charge in [0.15, 0.2) is 0 Å². The Labute approximate surface area is 235 Å². The van der Waals surface area contributed by atoms with Gasteiger partial charge in [-0.15, -0.1) is 0 Å². The number of para-hydroxylation sites is 1. The minimum atomic E-state index is -0.725. The summed E-state index contributed by atoms with van der Waals surface area (Å²) in [6, 6.07) is 4.52. The van der Waals surface area contributed by atoms with Crippen LogP contribution in [0.1, 0.15) is 50.7 Å². The maximum atomic E-state index is 13.2. The van der Waals surface area contributed by atoms with Crippen LogP contribution in [0.2, 0.25) is 0 Å². The molecule has 0 aromatic heterocycles. The first-order valence-electron chi connectivity index (χ1n) is 13.7. The van der Waals surface area contributed by atoms with Crippen LogP contribution >= 0.6 is 11.8 Å². The van der Waals surface area contributed by atoms with Gasteiger partial charge in [-0.05, 0) is 36.3 Å². The summed E-state index contributed by atoms with van der Waals surface area (Å²) in [7, 11) is 1.31. The van der Waals surface area contributed by atoms with Crippen LogP contribution in [0.4, 0.5) is 0 Å². The van der Waals surface area contributed by atoms with E-state index in [1.54, 1.807) is 11.8 Å². The zero-order chi connectivity index (χ0) is 28.4. The highest BCUT2D eigenvalue weighted by Crippen LogP contribution is 2.30. The number of thioether (sulfide) groups is 1. The summed E-state index contributed by atoms with van der Waals surface area (Å²) in [5.41, 5.74) is 2.12. The van der Waals surface area contributed by atoms with Gasteiger partial charge in [0.2, 0.25) is 17.7 Å². The molecule has 1 aromatic rings. The van der Waals surface area contributed by atoms with Gasteiger partial charge in [0.25, 0.3) is 0 Å². The normalized spacial score (nSPS) is 18.5. The van der Waals surface area contributed by atoms with E-state index in [-0.39, 0.29) is 36.2 Å². The van der Waals surface area contributed by atoms with Gasteiger partial charge >= 0.3 is 5.97 Å². The van der Waals surface area contributed by atoms with Crippen molar-refractivity contribution in [3.05, 3.63) is 29.3 Å². The lowest BCUT2D eigenvalue weighted by Gasteiger charge is -2.32. The van der Waals surface area contributed by atoms with Crippen LogP contribution in [0.15, 0.2) is 18.2 Å². The molecule has 216 valence electrons. The maximum absolute atomic E-state index is 13.2. The van der Waals surface area contributed by atoms with Gasteiger partial charge in [-0.2, -0.15) is 11.8 Å². The van der Waals surface area contributed by atoms with Crippen molar-refractivity contribution in [1.82, 2.24) is 20.9 Å². The first-order chi connectivity index (χ1) is 18.7. The van der Waals surface area contributed by atoms with Crippen LogP contribution in [0.3, 0.4) is 0 Å². The van der Waals surface area contributed by atoms with E-state index in [4.69, 9.17) is 9.47 Å². The van der Waals surface area contributed by atoms with Gasteiger partial charge in [-0.25, -0.2) is 4.79 Å². The Morgan fingerprint density at radius 3 is 2.72 bits per heavy atom. The third-order valence-corrected chi connectivity index (χ3v) is 8.06. The van der Waals surface area contributed by atoms with Gasteiger partial charge in [0.1, 0.15) is 17.8 Å². The molecule has 0 saturated carbocycles. The number of benzene rings is 1. The summed E-state index contributed by atoms with van der Waals surface area (Å²) in [5, 5.41) is 8.71. The van der Waals surface area contributed by atoms with E-state index < -0.39 is 18.1 Å².